The van der Waals surface area contributed by atoms with Gasteiger partial charge in [-0.3, -0.25) is 34.0 Å². The van der Waals surface area contributed by atoms with Gasteiger partial charge in [-0.2, -0.15) is 5.26 Å². The number of nitriles is 1. The molecule has 3 aromatic carbocycles. The lowest BCUT2D eigenvalue weighted by Crippen LogP contribution is -2.52. The highest BCUT2D eigenvalue weighted by atomic mass is 32.2. The number of rotatable bonds is 12. The number of anilines is 3. The Bertz CT molecular complexity index is 2700. The third-order valence-corrected chi connectivity index (χ3v) is 13.5. The van der Waals surface area contributed by atoms with Gasteiger partial charge in [0.1, 0.15) is 35.6 Å². The maximum Gasteiger partial charge on any atom is 0.266 e. The highest BCUT2D eigenvalue weighted by Crippen LogP contribution is 2.38. The Labute approximate surface area is 371 Å². The number of piperidine rings is 2. The summed E-state index contributed by atoms with van der Waals surface area (Å²) < 4.78 is 40.7. The van der Waals surface area contributed by atoms with E-state index in [9.17, 15) is 24.4 Å². The SMILES string of the molecule is N#Cc1c(NSC2CCC2)ccc(F)c1Oc1ccc2ncn(-c3cnc(N4CCN(C(=O)CN5CCC(c6ccc(NC7CCC(=O)NC7=O)cc6F)CC5)CC4)nc3)c(=O)c2c1. The first kappa shape index (κ1) is 42.6. The van der Waals surface area contributed by atoms with Crippen molar-refractivity contribution in [3.05, 3.63) is 100 Å². The molecule has 16 nitrogen and oxygen atoms in total. The number of imide groups is 1. The number of carbonyl (C=O) groups excluding carboxylic acids is 3. The van der Waals surface area contributed by atoms with E-state index in [4.69, 9.17) is 4.74 Å². The smallest absolute Gasteiger partial charge is 0.266 e. The molecule has 0 bridgehead atoms. The zero-order valence-electron chi connectivity index (χ0n) is 34.8. The summed E-state index contributed by atoms with van der Waals surface area (Å²) in [5.74, 6) is -1.34. The Morgan fingerprint density at radius 2 is 1.69 bits per heavy atom. The van der Waals surface area contributed by atoms with Gasteiger partial charge in [-0.15, -0.1) is 0 Å². The molecular weight excluding hydrogens is 845 g/mol. The van der Waals surface area contributed by atoms with Gasteiger partial charge in [0.25, 0.3) is 5.56 Å². The van der Waals surface area contributed by atoms with Crippen molar-refractivity contribution in [2.24, 2.45) is 0 Å². The van der Waals surface area contributed by atoms with Gasteiger partial charge in [0, 0.05) is 43.5 Å². The molecule has 4 aliphatic rings. The number of nitrogens with one attached hydrogen (secondary N) is 3. The number of halogens is 2. The molecule has 3 saturated heterocycles. The molecular formula is C45H45F2N11O5S. The Balaban J connectivity index is 0.769. The van der Waals surface area contributed by atoms with E-state index in [2.05, 4.69) is 41.3 Å². The fourth-order valence-corrected chi connectivity index (χ4v) is 9.42. The van der Waals surface area contributed by atoms with Gasteiger partial charge in [0.15, 0.2) is 11.6 Å². The second-order valence-corrected chi connectivity index (χ2v) is 17.5. The minimum Gasteiger partial charge on any atom is -0.453 e. The molecule has 0 spiro atoms. The number of carbonyl (C=O) groups is 3. The van der Waals surface area contributed by atoms with Crippen LogP contribution >= 0.6 is 11.9 Å². The van der Waals surface area contributed by atoms with Crippen molar-refractivity contribution in [2.45, 2.75) is 62.2 Å². The van der Waals surface area contributed by atoms with Crippen LogP contribution in [-0.4, -0.2) is 104 Å². The second kappa shape index (κ2) is 18.6. The van der Waals surface area contributed by atoms with Crippen LogP contribution in [0.3, 0.4) is 0 Å². The van der Waals surface area contributed by atoms with Crippen molar-refractivity contribution in [3.63, 3.8) is 0 Å². The summed E-state index contributed by atoms with van der Waals surface area (Å²) >= 11 is 1.51. The molecule has 2 aromatic heterocycles. The number of ether oxygens (including phenoxy) is 1. The molecule has 4 fully saturated rings. The summed E-state index contributed by atoms with van der Waals surface area (Å²) in [7, 11) is 0. The third-order valence-electron chi connectivity index (χ3n) is 12.3. The topological polar surface area (TPSA) is 191 Å². The first-order chi connectivity index (χ1) is 31.1. The molecule has 5 heterocycles. The number of amides is 3. The van der Waals surface area contributed by atoms with Crippen molar-refractivity contribution >= 4 is 57.9 Å². The van der Waals surface area contributed by atoms with Crippen LogP contribution in [0.2, 0.25) is 0 Å². The van der Waals surface area contributed by atoms with E-state index in [1.807, 2.05) is 9.80 Å². The molecule has 0 radical (unpaired) electrons. The highest BCUT2D eigenvalue weighted by Gasteiger charge is 2.30. The lowest BCUT2D eigenvalue weighted by molar-refractivity contribution is -0.134. The fourth-order valence-electron chi connectivity index (χ4n) is 8.39. The molecule has 1 saturated carbocycles. The van der Waals surface area contributed by atoms with E-state index in [1.165, 1.54) is 59.5 Å². The molecule has 3 amide bonds. The first-order valence-corrected chi connectivity index (χ1v) is 22.3. The number of piperazine rings is 1. The van der Waals surface area contributed by atoms with Crippen LogP contribution in [0.15, 0.2) is 72.0 Å². The van der Waals surface area contributed by atoms with Crippen molar-refractivity contribution < 1.29 is 27.9 Å². The Kier molecular flexibility index (Phi) is 12.4. The summed E-state index contributed by atoms with van der Waals surface area (Å²) in [6, 6.07) is 13.8. The molecule has 64 heavy (non-hydrogen) atoms. The minimum absolute atomic E-state index is 0.0121. The van der Waals surface area contributed by atoms with Crippen molar-refractivity contribution in [1.29, 1.82) is 5.26 Å². The number of benzene rings is 3. The van der Waals surface area contributed by atoms with Crippen molar-refractivity contribution in [3.8, 4) is 23.3 Å². The Hall–Kier alpha value is -6.65. The van der Waals surface area contributed by atoms with Crippen LogP contribution in [0.1, 0.15) is 62.0 Å². The zero-order valence-corrected chi connectivity index (χ0v) is 35.6. The van der Waals surface area contributed by atoms with Crippen molar-refractivity contribution in [1.82, 2.24) is 34.6 Å². The van der Waals surface area contributed by atoms with E-state index in [-0.39, 0.29) is 59.0 Å². The Morgan fingerprint density at radius 3 is 2.39 bits per heavy atom. The molecule has 5 aromatic rings. The van der Waals surface area contributed by atoms with Gasteiger partial charge in [0.2, 0.25) is 23.7 Å². The summed E-state index contributed by atoms with van der Waals surface area (Å²) in [5.41, 5.74) is 1.95. The maximum absolute atomic E-state index is 15.2. The lowest BCUT2D eigenvalue weighted by atomic mass is 9.89. The average Bonchev–Trinajstić information content (AvgIpc) is 3.29. The molecule has 1 aliphatic carbocycles. The molecule has 9 rings (SSSR count). The summed E-state index contributed by atoms with van der Waals surface area (Å²) in [5, 5.41) is 15.9. The quantitative estimate of drug-likeness (QED) is 0.106. The molecule has 330 valence electrons. The van der Waals surface area contributed by atoms with E-state index in [0.717, 1.165) is 19.3 Å². The number of fused-ring (bicyclic) bond motifs is 1. The summed E-state index contributed by atoms with van der Waals surface area (Å²) in [6.45, 7) is 3.62. The van der Waals surface area contributed by atoms with Crippen LogP contribution in [0.25, 0.3) is 16.6 Å². The zero-order chi connectivity index (χ0) is 44.3. The van der Waals surface area contributed by atoms with Crippen molar-refractivity contribution in [2.75, 3.05) is 60.8 Å². The summed E-state index contributed by atoms with van der Waals surface area (Å²) in [6.07, 6.45) is 9.79. The van der Waals surface area contributed by atoms with Crippen LogP contribution in [0.5, 0.6) is 11.5 Å². The number of nitrogens with zero attached hydrogens (tertiary/aromatic N) is 8. The maximum atomic E-state index is 15.2. The largest absolute Gasteiger partial charge is 0.453 e. The highest BCUT2D eigenvalue weighted by molar-refractivity contribution is 8.01. The average molecular weight is 890 g/mol. The van der Waals surface area contributed by atoms with Gasteiger partial charge in [0.05, 0.1) is 41.2 Å². The minimum atomic E-state index is -0.707. The van der Waals surface area contributed by atoms with E-state index < -0.39 is 23.3 Å². The van der Waals surface area contributed by atoms with Gasteiger partial charge < -0.3 is 24.6 Å². The molecule has 3 N–H and O–H groups in total. The lowest BCUT2D eigenvalue weighted by Gasteiger charge is -2.37. The van der Waals surface area contributed by atoms with E-state index in [0.29, 0.717) is 97.9 Å². The van der Waals surface area contributed by atoms with Crippen LogP contribution < -0.4 is 30.6 Å². The van der Waals surface area contributed by atoms with Crippen LogP contribution in [0.4, 0.5) is 26.1 Å². The monoisotopic (exact) mass is 889 g/mol. The van der Waals surface area contributed by atoms with Gasteiger partial charge in [-0.25, -0.2) is 23.7 Å². The summed E-state index contributed by atoms with van der Waals surface area (Å²) in [4.78, 5) is 70.1. The third kappa shape index (κ3) is 9.19. The van der Waals surface area contributed by atoms with Gasteiger partial charge >= 0.3 is 0 Å². The number of aromatic nitrogens is 4. The Morgan fingerprint density at radius 1 is 0.906 bits per heavy atom. The van der Waals surface area contributed by atoms with Gasteiger partial charge in [-0.1, -0.05) is 12.5 Å². The molecule has 3 aliphatic heterocycles. The molecule has 19 heteroatoms. The number of likely N-dealkylation sites (tertiary alicyclic amines) is 1. The number of hydrogen-bond donors (Lipinski definition) is 3. The molecule has 1 unspecified atom stereocenters. The van der Waals surface area contributed by atoms with Crippen LogP contribution in [0, 0.1) is 23.0 Å². The van der Waals surface area contributed by atoms with Crippen LogP contribution in [-0.2, 0) is 14.4 Å². The predicted molar refractivity (Wildman–Crippen MR) is 236 cm³/mol. The number of hydrogen-bond acceptors (Lipinski definition) is 14. The van der Waals surface area contributed by atoms with E-state index in [1.54, 1.807) is 24.3 Å². The normalized spacial score (nSPS) is 18.6. The van der Waals surface area contributed by atoms with Gasteiger partial charge in [-0.05, 0) is 111 Å². The second-order valence-electron chi connectivity index (χ2n) is 16.4. The fraction of sp³-hybridized carbons (Fsp3) is 0.378. The predicted octanol–water partition coefficient (Wildman–Crippen LogP) is 5.48. The first-order valence-electron chi connectivity index (χ1n) is 21.4. The standard InChI is InChI=1S/C45H45F2N11O5S/c46-35-7-9-38(54-64-31-2-1-3-31)34(22-48)42(35)63-30-5-8-37-33(21-30)44(62)58(26-51-37)29-23-49-45(50-24-29)57-18-16-56(17-19-57)41(60)25-55-14-12-27(13-15-55)32-6-4-28(20-36(32)47)52-39-10-11-40(59)53-43(39)61/h4-9,20-21,23-24,26-27,31,39,52,54H,1-3,10-19,25H2,(H,53,59,61). The van der Waals surface area contributed by atoms with E-state index >= 15 is 8.78 Å². The molecule has 1 atom stereocenters.